The Balaban J connectivity index is 1.78. The first-order valence-corrected chi connectivity index (χ1v) is 7.52. The molecule has 22 heavy (non-hydrogen) atoms. The lowest BCUT2D eigenvalue weighted by atomic mass is 10.1. The van der Waals surface area contributed by atoms with Crippen molar-refractivity contribution in [2.24, 2.45) is 5.73 Å². The van der Waals surface area contributed by atoms with Crippen molar-refractivity contribution < 1.29 is 14.3 Å². The molecule has 0 radical (unpaired) electrons. The third-order valence-electron chi connectivity index (χ3n) is 3.63. The van der Waals surface area contributed by atoms with Crippen LogP contribution in [0.5, 0.6) is 5.75 Å². The molecule has 6 nitrogen and oxygen atoms in total. The fourth-order valence-corrected chi connectivity index (χ4v) is 2.66. The molecule has 2 rings (SSSR count). The van der Waals surface area contributed by atoms with Gasteiger partial charge in [0.05, 0.1) is 13.0 Å². The Morgan fingerprint density at radius 2 is 1.82 bits per heavy atom. The van der Waals surface area contributed by atoms with E-state index in [4.69, 9.17) is 10.5 Å². The Morgan fingerprint density at radius 1 is 1.23 bits per heavy atom. The average molecular weight is 305 g/mol. The van der Waals surface area contributed by atoms with Crippen molar-refractivity contribution in [2.75, 3.05) is 19.7 Å². The summed E-state index contributed by atoms with van der Waals surface area (Å²) in [7, 11) is 0. The second-order valence-corrected chi connectivity index (χ2v) is 5.75. The number of piperazine rings is 1. The molecule has 1 aromatic carbocycles. The van der Waals surface area contributed by atoms with E-state index in [0.717, 1.165) is 13.1 Å². The third kappa shape index (κ3) is 4.46. The van der Waals surface area contributed by atoms with Crippen LogP contribution in [0.4, 0.5) is 0 Å². The molecule has 0 aliphatic carbocycles. The number of carbonyl (C=O) groups is 2. The van der Waals surface area contributed by atoms with Crippen molar-refractivity contribution in [1.82, 2.24) is 10.2 Å². The summed E-state index contributed by atoms with van der Waals surface area (Å²) in [4.78, 5) is 25.0. The first-order chi connectivity index (χ1) is 10.5. The summed E-state index contributed by atoms with van der Waals surface area (Å²) in [5, 5.41) is 3.40. The second kappa shape index (κ2) is 7.26. The van der Waals surface area contributed by atoms with Crippen LogP contribution in [-0.2, 0) is 4.79 Å². The van der Waals surface area contributed by atoms with E-state index in [1.165, 1.54) is 0 Å². The molecule has 120 valence electrons. The number of hydrogen-bond donors (Lipinski definition) is 2. The highest BCUT2D eigenvalue weighted by molar-refractivity contribution is 5.92. The number of rotatable bonds is 5. The molecule has 1 fully saturated rings. The van der Waals surface area contributed by atoms with E-state index in [-0.39, 0.29) is 5.91 Å². The molecule has 0 aromatic heterocycles. The Kier molecular flexibility index (Phi) is 5.38. The van der Waals surface area contributed by atoms with Gasteiger partial charge in [-0.25, -0.2) is 0 Å². The minimum Gasteiger partial charge on any atom is -0.493 e. The topological polar surface area (TPSA) is 84.7 Å². The van der Waals surface area contributed by atoms with E-state index in [0.29, 0.717) is 36.4 Å². The molecule has 6 heteroatoms. The number of primary amides is 1. The summed E-state index contributed by atoms with van der Waals surface area (Å²) in [6, 6.07) is 7.21. The maximum absolute atomic E-state index is 12.2. The highest BCUT2D eigenvalue weighted by Gasteiger charge is 2.24. The first-order valence-electron chi connectivity index (χ1n) is 7.52. The lowest BCUT2D eigenvalue weighted by molar-refractivity contribution is -0.133. The van der Waals surface area contributed by atoms with Gasteiger partial charge in [0.2, 0.25) is 11.8 Å². The number of amides is 2. The SMILES string of the molecule is C[C@@H]1CN(C(=O)CCOc2ccc(C(N)=O)cc2)C[C@@H](C)N1. The molecule has 1 aliphatic heterocycles. The summed E-state index contributed by atoms with van der Waals surface area (Å²) in [5.74, 6) is 0.262. The lowest BCUT2D eigenvalue weighted by Crippen LogP contribution is -2.56. The Bertz CT molecular complexity index is 520. The third-order valence-corrected chi connectivity index (χ3v) is 3.63. The first kappa shape index (κ1) is 16.3. The number of nitrogens with two attached hydrogens (primary N) is 1. The molecule has 2 amide bonds. The molecule has 0 spiro atoms. The minimum absolute atomic E-state index is 0.106. The summed E-state index contributed by atoms with van der Waals surface area (Å²) >= 11 is 0. The van der Waals surface area contributed by atoms with Crippen LogP contribution in [-0.4, -0.2) is 48.5 Å². The lowest BCUT2D eigenvalue weighted by Gasteiger charge is -2.36. The molecular weight excluding hydrogens is 282 g/mol. The van der Waals surface area contributed by atoms with Crippen molar-refractivity contribution in [3.05, 3.63) is 29.8 Å². The zero-order valence-corrected chi connectivity index (χ0v) is 13.0. The van der Waals surface area contributed by atoms with Crippen LogP contribution in [0, 0.1) is 0 Å². The Hall–Kier alpha value is -2.08. The predicted octanol–water partition coefficient (Wildman–Crippen LogP) is 0.763. The smallest absolute Gasteiger partial charge is 0.248 e. The van der Waals surface area contributed by atoms with E-state index >= 15 is 0 Å². The van der Waals surface area contributed by atoms with Crippen LogP contribution in [0.25, 0.3) is 0 Å². The van der Waals surface area contributed by atoms with Crippen molar-refractivity contribution in [3.8, 4) is 5.75 Å². The van der Waals surface area contributed by atoms with E-state index in [2.05, 4.69) is 19.2 Å². The van der Waals surface area contributed by atoms with Gasteiger partial charge in [-0.1, -0.05) is 0 Å². The van der Waals surface area contributed by atoms with Gasteiger partial charge >= 0.3 is 0 Å². The van der Waals surface area contributed by atoms with Gasteiger partial charge < -0.3 is 20.7 Å². The van der Waals surface area contributed by atoms with Crippen LogP contribution in [0.1, 0.15) is 30.6 Å². The zero-order chi connectivity index (χ0) is 16.1. The fourth-order valence-electron chi connectivity index (χ4n) is 2.66. The van der Waals surface area contributed by atoms with Crippen LogP contribution in [0.15, 0.2) is 24.3 Å². The maximum atomic E-state index is 12.2. The van der Waals surface area contributed by atoms with E-state index in [1.54, 1.807) is 24.3 Å². The van der Waals surface area contributed by atoms with Gasteiger partial charge in [0.1, 0.15) is 5.75 Å². The monoisotopic (exact) mass is 305 g/mol. The normalized spacial score (nSPS) is 21.5. The molecule has 1 heterocycles. The van der Waals surface area contributed by atoms with E-state index in [9.17, 15) is 9.59 Å². The van der Waals surface area contributed by atoms with Crippen LogP contribution in [0.3, 0.4) is 0 Å². The van der Waals surface area contributed by atoms with Gasteiger partial charge in [0.25, 0.3) is 0 Å². The van der Waals surface area contributed by atoms with Gasteiger partial charge in [-0.2, -0.15) is 0 Å². The number of nitrogens with one attached hydrogen (secondary N) is 1. The molecule has 2 atom stereocenters. The number of benzene rings is 1. The van der Waals surface area contributed by atoms with E-state index in [1.807, 2.05) is 4.90 Å². The highest BCUT2D eigenvalue weighted by Crippen LogP contribution is 2.13. The molecule has 1 saturated heterocycles. The summed E-state index contributed by atoms with van der Waals surface area (Å²) in [6.07, 6.45) is 0.344. The number of hydrogen-bond acceptors (Lipinski definition) is 4. The molecule has 0 saturated carbocycles. The number of nitrogens with zero attached hydrogens (tertiary/aromatic N) is 1. The highest BCUT2D eigenvalue weighted by atomic mass is 16.5. The maximum Gasteiger partial charge on any atom is 0.248 e. The molecule has 1 aliphatic rings. The quantitative estimate of drug-likeness (QED) is 0.841. The number of carbonyl (C=O) groups excluding carboxylic acids is 2. The Labute approximate surface area is 130 Å². The minimum atomic E-state index is -0.469. The summed E-state index contributed by atoms with van der Waals surface area (Å²) in [5.41, 5.74) is 5.61. The van der Waals surface area contributed by atoms with Gasteiger partial charge in [0, 0.05) is 30.7 Å². The van der Waals surface area contributed by atoms with Crippen molar-refractivity contribution in [2.45, 2.75) is 32.4 Å². The second-order valence-electron chi connectivity index (χ2n) is 5.75. The van der Waals surface area contributed by atoms with Gasteiger partial charge in [0.15, 0.2) is 0 Å². The van der Waals surface area contributed by atoms with Crippen molar-refractivity contribution >= 4 is 11.8 Å². The van der Waals surface area contributed by atoms with Gasteiger partial charge in [-0.15, -0.1) is 0 Å². The van der Waals surface area contributed by atoms with Crippen LogP contribution < -0.4 is 15.8 Å². The average Bonchev–Trinajstić information content (AvgIpc) is 2.46. The Morgan fingerprint density at radius 3 is 2.36 bits per heavy atom. The van der Waals surface area contributed by atoms with Crippen LogP contribution >= 0.6 is 0 Å². The standard InChI is InChI=1S/C16H23N3O3/c1-11-9-19(10-12(2)18-11)15(20)7-8-22-14-5-3-13(4-6-14)16(17)21/h3-6,11-12,18H,7-10H2,1-2H3,(H2,17,21)/t11-,12-/m1/s1. The summed E-state index contributed by atoms with van der Waals surface area (Å²) in [6.45, 7) is 5.94. The molecule has 0 bridgehead atoms. The number of ether oxygens (including phenoxy) is 1. The largest absolute Gasteiger partial charge is 0.493 e. The predicted molar refractivity (Wildman–Crippen MR) is 83.7 cm³/mol. The van der Waals surface area contributed by atoms with Gasteiger partial charge in [-0.3, -0.25) is 9.59 Å². The fraction of sp³-hybridized carbons (Fsp3) is 0.500. The van der Waals surface area contributed by atoms with Gasteiger partial charge in [-0.05, 0) is 38.1 Å². The molecular formula is C16H23N3O3. The zero-order valence-electron chi connectivity index (χ0n) is 13.0. The van der Waals surface area contributed by atoms with Crippen molar-refractivity contribution in [3.63, 3.8) is 0 Å². The molecule has 0 unspecified atom stereocenters. The van der Waals surface area contributed by atoms with Crippen molar-refractivity contribution in [1.29, 1.82) is 0 Å². The van der Waals surface area contributed by atoms with E-state index < -0.39 is 5.91 Å². The van der Waals surface area contributed by atoms with Crippen LogP contribution in [0.2, 0.25) is 0 Å². The molecule has 3 N–H and O–H groups in total. The molecule has 1 aromatic rings. The summed E-state index contributed by atoms with van der Waals surface area (Å²) < 4.78 is 5.54.